The van der Waals surface area contributed by atoms with Gasteiger partial charge in [0.25, 0.3) is 0 Å². The van der Waals surface area contributed by atoms with Crippen LogP contribution in [0, 0.1) is 17.7 Å². The van der Waals surface area contributed by atoms with E-state index in [1.165, 1.54) is 25.3 Å². The van der Waals surface area contributed by atoms with E-state index in [-0.39, 0.29) is 5.82 Å². The van der Waals surface area contributed by atoms with E-state index in [0.29, 0.717) is 16.3 Å². The van der Waals surface area contributed by atoms with Crippen LogP contribution in [0.1, 0.15) is 50.7 Å². The summed E-state index contributed by atoms with van der Waals surface area (Å²) in [6, 6.07) is 4.83. The molecule has 3 unspecified atom stereocenters. The lowest BCUT2D eigenvalue weighted by atomic mass is 9.73. The van der Waals surface area contributed by atoms with Crippen LogP contribution in [0.5, 0.6) is 0 Å². The predicted octanol–water partition coefficient (Wildman–Crippen LogP) is 4.84. The third-order valence-corrected chi connectivity index (χ3v) is 4.79. The number of hydrogen-bond donors (Lipinski definition) is 1. The Morgan fingerprint density at radius 1 is 1.39 bits per heavy atom. The first kappa shape index (κ1) is 14.0. The van der Waals surface area contributed by atoms with Gasteiger partial charge in [0.2, 0.25) is 0 Å². The van der Waals surface area contributed by atoms with Crippen LogP contribution < -0.4 is 0 Å². The molecule has 1 saturated carbocycles. The van der Waals surface area contributed by atoms with Crippen molar-refractivity contribution in [1.82, 2.24) is 0 Å². The Labute approximate surface area is 117 Å². The SMILES string of the molecule is CCC1CCCCC1C(O)c1ccc(F)c(Br)c1. The second kappa shape index (κ2) is 6.16. The minimum absolute atomic E-state index is 0.276. The molecule has 2 rings (SSSR count). The monoisotopic (exact) mass is 314 g/mol. The highest BCUT2D eigenvalue weighted by atomic mass is 79.9. The van der Waals surface area contributed by atoms with Crippen molar-refractivity contribution < 1.29 is 9.50 Å². The van der Waals surface area contributed by atoms with E-state index < -0.39 is 6.10 Å². The lowest BCUT2D eigenvalue weighted by Gasteiger charge is -2.34. The van der Waals surface area contributed by atoms with Gasteiger partial charge in [0.1, 0.15) is 5.82 Å². The van der Waals surface area contributed by atoms with Gasteiger partial charge < -0.3 is 5.11 Å². The minimum Gasteiger partial charge on any atom is -0.388 e. The number of benzene rings is 1. The third-order valence-electron chi connectivity index (χ3n) is 4.18. The Morgan fingerprint density at radius 2 is 2.11 bits per heavy atom. The average molecular weight is 315 g/mol. The van der Waals surface area contributed by atoms with E-state index in [1.54, 1.807) is 12.1 Å². The zero-order valence-electron chi connectivity index (χ0n) is 10.7. The van der Waals surface area contributed by atoms with E-state index in [2.05, 4.69) is 22.9 Å². The maximum Gasteiger partial charge on any atom is 0.137 e. The van der Waals surface area contributed by atoms with Crippen molar-refractivity contribution in [3.8, 4) is 0 Å². The topological polar surface area (TPSA) is 20.2 Å². The average Bonchev–Trinajstić information content (AvgIpc) is 2.41. The van der Waals surface area contributed by atoms with Crippen LogP contribution in [-0.4, -0.2) is 5.11 Å². The second-order valence-corrected chi connectivity index (χ2v) is 6.09. The van der Waals surface area contributed by atoms with Gasteiger partial charge in [-0.25, -0.2) is 4.39 Å². The van der Waals surface area contributed by atoms with Gasteiger partial charge in [0, 0.05) is 0 Å². The zero-order valence-corrected chi connectivity index (χ0v) is 12.3. The van der Waals surface area contributed by atoms with Crippen molar-refractivity contribution in [3.05, 3.63) is 34.1 Å². The lowest BCUT2D eigenvalue weighted by Crippen LogP contribution is -2.25. The summed E-state index contributed by atoms with van der Waals surface area (Å²) in [5, 5.41) is 10.5. The van der Waals surface area contributed by atoms with E-state index in [9.17, 15) is 9.50 Å². The summed E-state index contributed by atoms with van der Waals surface area (Å²) >= 11 is 3.18. The number of aliphatic hydroxyl groups is 1. The van der Waals surface area contributed by atoms with Crippen molar-refractivity contribution in [1.29, 1.82) is 0 Å². The zero-order chi connectivity index (χ0) is 13.1. The first-order valence-electron chi connectivity index (χ1n) is 6.76. The molecule has 0 spiro atoms. The molecular formula is C15H20BrFO. The minimum atomic E-state index is -0.466. The Morgan fingerprint density at radius 3 is 2.78 bits per heavy atom. The number of hydrogen-bond acceptors (Lipinski definition) is 1. The van der Waals surface area contributed by atoms with Crippen LogP contribution in [-0.2, 0) is 0 Å². The summed E-state index contributed by atoms with van der Waals surface area (Å²) in [7, 11) is 0. The molecule has 0 bridgehead atoms. The largest absolute Gasteiger partial charge is 0.388 e. The van der Waals surface area contributed by atoms with E-state index in [1.807, 2.05) is 0 Å². The molecule has 0 aliphatic heterocycles. The van der Waals surface area contributed by atoms with Gasteiger partial charge in [-0.3, -0.25) is 0 Å². The van der Waals surface area contributed by atoms with Crippen molar-refractivity contribution in [2.24, 2.45) is 11.8 Å². The normalized spacial score (nSPS) is 26.0. The number of halogens is 2. The summed E-state index contributed by atoms with van der Waals surface area (Å²) in [5.74, 6) is 0.639. The molecule has 1 nitrogen and oxygen atoms in total. The van der Waals surface area contributed by atoms with Crippen LogP contribution in [0.25, 0.3) is 0 Å². The molecule has 0 radical (unpaired) electrons. The molecule has 3 heteroatoms. The highest BCUT2D eigenvalue weighted by molar-refractivity contribution is 9.10. The fourth-order valence-electron chi connectivity index (χ4n) is 3.10. The molecule has 0 heterocycles. The second-order valence-electron chi connectivity index (χ2n) is 5.24. The van der Waals surface area contributed by atoms with Crippen LogP contribution in [0.4, 0.5) is 4.39 Å². The van der Waals surface area contributed by atoms with Gasteiger partial charge in [-0.1, -0.05) is 38.7 Å². The van der Waals surface area contributed by atoms with Crippen LogP contribution >= 0.6 is 15.9 Å². The van der Waals surface area contributed by atoms with Crippen LogP contribution in [0.2, 0.25) is 0 Å². The fraction of sp³-hybridized carbons (Fsp3) is 0.600. The fourth-order valence-corrected chi connectivity index (χ4v) is 3.50. The van der Waals surface area contributed by atoms with Gasteiger partial charge in [-0.05, 0) is 51.9 Å². The summed E-state index contributed by atoms with van der Waals surface area (Å²) in [4.78, 5) is 0. The predicted molar refractivity (Wildman–Crippen MR) is 74.8 cm³/mol. The first-order valence-corrected chi connectivity index (χ1v) is 7.55. The summed E-state index contributed by atoms with van der Waals surface area (Å²) in [5.41, 5.74) is 0.827. The van der Waals surface area contributed by atoms with Gasteiger partial charge >= 0.3 is 0 Å². The number of rotatable bonds is 3. The molecule has 0 saturated heterocycles. The van der Waals surface area contributed by atoms with Gasteiger partial charge in [-0.2, -0.15) is 0 Å². The van der Waals surface area contributed by atoms with Crippen molar-refractivity contribution >= 4 is 15.9 Å². The quantitative estimate of drug-likeness (QED) is 0.846. The Kier molecular flexibility index (Phi) is 4.79. The molecule has 0 aromatic heterocycles. The van der Waals surface area contributed by atoms with E-state index in [0.717, 1.165) is 18.4 Å². The summed E-state index contributed by atoms with van der Waals surface area (Å²) < 4.78 is 13.7. The molecule has 100 valence electrons. The highest BCUT2D eigenvalue weighted by Gasteiger charge is 2.30. The smallest absolute Gasteiger partial charge is 0.137 e. The van der Waals surface area contributed by atoms with Gasteiger partial charge in [0.05, 0.1) is 10.6 Å². The standard InChI is InChI=1S/C15H20BrFO/c1-2-10-5-3-4-6-12(10)15(18)11-7-8-14(17)13(16)9-11/h7-10,12,15,18H,2-6H2,1H3. The summed E-state index contributed by atoms with van der Waals surface area (Å²) in [6.07, 6.45) is 5.40. The van der Waals surface area contributed by atoms with Gasteiger partial charge in [0.15, 0.2) is 0 Å². The first-order chi connectivity index (χ1) is 8.63. The Hall–Kier alpha value is -0.410. The third kappa shape index (κ3) is 2.94. The molecule has 1 aliphatic carbocycles. The molecule has 18 heavy (non-hydrogen) atoms. The van der Waals surface area contributed by atoms with Crippen molar-refractivity contribution in [2.45, 2.75) is 45.1 Å². The van der Waals surface area contributed by atoms with Gasteiger partial charge in [-0.15, -0.1) is 0 Å². The Balaban J connectivity index is 2.18. The van der Waals surface area contributed by atoms with Crippen LogP contribution in [0.3, 0.4) is 0 Å². The highest BCUT2D eigenvalue weighted by Crippen LogP contribution is 2.40. The van der Waals surface area contributed by atoms with Crippen LogP contribution in [0.15, 0.2) is 22.7 Å². The lowest BCUT2D eigenvalue weighted by molar-refractivity contribution is 0.0451. The molecule has 1 N–H and O–H groups in total. The maximum absolute atomic E-state index is 13.2. The molecular weight excluding hydrogens is 295 g/mol. The maximum atomic E-state index is 13.2. The molecule has 0 amide bonds. The van der Waals surface area contributed by atoms with Crippen molar-refractivity contribution in [2.75, 3.05) is 0 Å². The van der Waals surface area contributed by atoms with Crippen molar-refractivity contribution in [3.63, 3.8) is 0 Å². The summed E-state index contributed by atoms with van der Waals surface area (Å²) in [6.45, 7) is 2.19. The number of aliphatic hydroxyl groups excluding tert-OH is 1. The van der Waals surface area contributed by atoms with E-state index >= 15 is 0 Å². The molecule has 1 fully saturated rings. The molecule has 1 aromatic rings. The molecule has 3 atom stereocenters. The van der Waals surface area contributed by atoms with E-state index in [4.69, 9.17) is 0 Å². The molecule has 1 aromatic carbocycles. The Bertz CT molecular complexity index is 407. The molecule has 1 aliphatic rings.